The molecule has 2 aromatic heterocycles. The Morgan fingerprint density at radius 3 is 2.33 bits per heavy atom. The molecule has 4 rings (SSSR count). The number of H-pyrrole nitrogens is 1. The van der Waals surface area contributed by atoms with Gasteiger partial charge < -0.3 is 10.0 Å². The Morgan fingerprint density at radius 1 is 1.09 bits per heavy atom. The number of alkyl halides is 6. The second kappa shape index (κ2) is 7.85. The smallest absolute Gasteiger partial charge is 0.373 e. The first-order valence-corrected chi connectivity index (χ1v) is 10.1. The van der Waals surface area contributed by atoms with Gasteiger partial charge in [-0.1, -0.05) is 0 Å². The van der Waals surface area contributed by atoms with Crippen LogP contribution in [0.3, 0.4) is 0 Å². The number of nitrogens with zero attached hydrogens (tertiary/aromatic N) is 4. The van der Waals surface area contributed by atoms with E-state index in [1.165, 1.54) is 17.1 Å². The van der Waals surface area contributed by atoms with E-state index in [4.69, 9.17) is 0 Å². The molecule has 0 aromatic carbocycles. The van der Waals surface area contributed by atoms with Gasteiger partial charge in [0, 0.05) is 30.8 Å². The molecule has 1 aliphatic carbocycles. The van der Waals surface area contributed by atoms with Crippen molar-refractivity contribution in [2.45, 2.75) is 50.1 Å². The number of aryl methyl sites for hydroxylation is 1. The molecule has 2 aliphatic rings. The Labute approximate surface area is 182 Å². The summed E-state index contributed by atoms with van der Waals surface area (Å²) in [6.07, 6.45) is -8.67. The fourth-order valence-electron chi connectivity index (χ4n) is 4.39. The van der Waals surface area contributed by atoms with Crippen LogP contribution in [0.1, 0.15) is 40.9 Å². The summed E-state index contributed by atoms with van der Waals surface area (Å²) >= 11 is 0. The van der Waals surface area contributed by atoms with Gasteiger partial charge in [0.15, 0.2) is 0 Å². The molecule has 1 aliphatic heterocycles. The number of likely N-dealkylation sites (tertiary alicyclic amines) is 1. The average molecular weight is 479 g/mol. The zero-order chi connectivity index (χ0) is 24.2. The minimum Gasteiger partial charge on any atom is -0.373 e. The van der Waals surface area contributed by atoms with E-state index in [1.54, 1.807) is 0 Å². The van der Waals surface area contributed by atoms with Crippen LogP contribution in [-0.4, -0.2) is 66.7 Å². The number of aromatic amines is 1. The Morgan fingerprint density at radius 2 is 1.73 bits per heavy atom. The third-order valence-corrected chi connectivity index (χ3v) is 6.21. The van der Waals surface area contributed by atoms with E-state index in [0.717, 1.165) is 11.3 Å². The highest BCUT2D eigenvalue weighted by molar-refractivity contribution is 5.93. The third kappa shape index (κ3) is 3.89. The second-order valence-electron chi connectivity index (χ2n) is 8.17. The van der Waals surface area contributed by atoms with Crippen molar-refractivity contribution < 1.29 is 36.2 Å². The van der Waals surface area contributed by atoms with Crippen LogP contribution in [0.2, 0.25) is 0 Å². The van der Waals surface area contributed by atoms with Gasteiger partial charge in [0.2, 0.25) is 5.95 Å². The molecule has 0 unspecified atom stereocenters. The highest BCUT2D eigenvalue weighted by Crippen LogP contribution is 2.50. The molecule has 33 heavy (non-hydrogen) atoms. The number of fused-ring (bicyclic) bond motifs is 1. The summed E-state index contributed by atoms with van der Waals surface area (Å²) in [5, 5.41) is 13.6. The standard InChI is InChI=1S/C19H19F6N5O3/c20-18(21,22)17(33,19(23,24)25)11-4-6-29(7-5-11)15(32)10-8-26-30(9-10)16-27-13-3-1-2-12(13)14(31)28-16/h8-9,11,33H,1-7H2,(H,27,28,31). The van der Waals surface area contributed by atoms with Crippen LogP contribution in [0.4, 0.5) is 26.3 Å². The van der Waals surface area contributed by atoms with Crippen molar-refractivity contribution in [1.29, 1.82) is 0 Å². The first-order chi connectivity index (χ1) is 15.3. The molecule has 0 saturated carbocycles. The summed E-state index contributed by atoms with van der Waals surface area (Å²) in [6, 6.07) is 0. The predicted octanol–water partition coefficient (Wildman–Crippen LogP) is 2.15. The van der Waals surface area contributed by atoms with Crippen LogP contribution >= 0.6 is 0 Å². The molecule has 0 spiro atoms. The molecule has 8 nitrogen and oxygen atoms in total. The lowest BCUT2D eigenvalue weighted by molar-refractivity contribution is -0.387. The zero-order valence-electron chi connectivity index (χ0n) is 17.0. The highest BCUT2D eigenvalue weighted by Gasteiger charge is 2.73. The van der Waals surface area contributed by atoms with E-state index in [9.17, 15) is 41.0 Å². The number of halogens is 6. The minimum atomic E-state index is -5.90. The summed E-state index contributed by atoms with van der Waals surface area (Å²) in [5.41, 5.74) is -3.88. The molecule has 2 aromatic rings. The maximum atomic E-state index is 13.1. The van der Waals surface area contributed by atoms with Gasteiger partial charge >= 0.3 is 12.4 Å². The quantitative estimate of drug-likeness (QED) is 0.657. The van der Waals surface area contributed by atoms with Crippen LogP contribution in [0.25, 0.3) is 5.95 Å². The fourth-order valence-corrected chi connectivity index (χ4v) is 4.39. The normalized spacial score (nSPS) is 18.0. The Balaban J connectivity index is 1.48. The molecule has 2 N–H and O–H groups in total. The second-order valence-corrected chi connectivity index (χ2v) is 8.17. The summed E-state index contributed by atoms with van der Waals surface area (Å²) in [5.74, 6) is -2.69. The molecule has 1 fully saturated rings. The largest absolute Gasteiger partial charge is 0.426 e. The van der Waals surface area contributed by atoms with Crippen molar-refractivity contribution >= 4 is 5.91 Å². The first kappa shape index (κ1) is 23.3. The number of hydrogen-bond donors (Lipinski definition) is 2. The van der Waals surface area contributed by atoms with Gasteiger partial charge in [-0.05, 0) is 32.1 Å². The monoisotopic (exact) mass is 479 g/mol. The van der Waals surface area contributed by atoms with Crippen LogP contribution in [-0.2, 0) is 12.8 Å². The SMILES string of the molecule is O=C(c1cnn(-c2nc3c(c(=O)[nH]2)CCC3)c1)N1CCC(C(O)(C(F)(F)F)C(F)(F)F)CC1. The first-order valence-electron chi connectivity index (χ1n) is 10.1. The molecule has 1 amide bonds. The van der Waals surface area contributed by atoms with Crippen molar-refractivity contribution in [2.75, 3.05) is 13.1 Å². The number of aliphatic hydroxyl groups is 1. The molecule has 1 saturated heterocycles. The lowest BCUT2D eigenvalue weighted by Gasteiger charge is -2.42. The van der Waals surface area contributed by atoms with E-state index in [-0.39, 0.29) is 17.1 Å². The van der Waals surface area contributed by atoms with Gasteiger partial charge in [-0.3, -0.25) is 14.6 Å². The highest BCUT2D eigenvalue weighted by atomic mass is 19.4. The zero-order valence-corrected chi connectivity index (χ0v) is 17.0. The fraction of sp³-hybridized carbons (Fsp3) is 0.579. The summed E-state index contributed by atoms with van der Waals surface area (Å²) in [7, 11) is 0. The number of hydrogen-bond acceptors (Lipinski definition) is 5. The van der Waals surface area contributed by atoms with Gasteiger partial charge in [-0.15, -0.1) is 0 Å². The number of nitrogens with one attached hydrogen (secondary N) is 1. The van der Waals surface area contributed by atoms with Crippen molar-refractivity contribution in [1.82, 2.24) is 24.6 Å². The van der Waals surface area contributed by atoms with Gasteiger partial charge in [0.1, 0.15) is 0 Å². The third-order valence-electron chi connectivity index (χ3n) is 6.21. The Bertz CT molecular complexity index is 1100. The molecule has 3 heterocycles. The van der Waals surface area contributed by atoms with Crippen LogP contribution < -0.4 is 5.56 Å². The average Bonchev–Trinajstić information content (AvgIpc) is 3.41. The van der Waals surface area contributed by atoms with Gasteiger partial charge in [0.25, 0.3) is 17.1 Å². The topological polar surface area (TPSA) is 104 Å². The number of rotatable bonds is 3. The van der Waals surface area contributed by atoms with Crippen LogP contribution in [0, 0.1) is 5.92 Å². The molecule has 0 bridgehead atoms. The summed E-state index contributed by atoms with van der Waals surface area (Å²) in [6.45, 7) is -0.811. The molecular formula is C19H19F6N5O3. The number of aromatic nitrogens is 4. The number of piperidine rings is 1. The van der Waals surface area contributed by atoms with Gasteiger partial charge in [-0.25, -0.2) is 9.67 Å². The molecule has 180 valence electrons. The van der Waals surface area contributed by atoms with Crippen molar-refractivity contribution in [3.05, 3.63) is 39.6 Å². The Kier molecular flexibility index (Phi) is 5.53. The lowest BCUT2D eigenvalue weighted by atomic mass is 9.79. The van der Waals surface area contributed by atoms with Crippen molar-refractivity contribution in [3.63, 3.8) is 0 Å². The number of carbonyl (C=O) groups is 1. The van der Waals surface area contributed by atoms with Crippen molar-refractivity contribution in [3.8, 4) is 5.95 Å². The van der Waals surface area contributed by atoms with E-state index in [1.807, 2.05) is 0 Å². The van der Waals surface area contributed by atoms with E-state index in [0.29, 0.717) is 24.1 Å². The maximum Gasteiger partial charge on any atom is 0.426 e. The summed E-state index contributed by atoms with van der Waals surface area (Å²) in [4.78, 5) is 32.9. The molecular weight excluding hydrogens is 460 g/mol. The Hall–Kier alpha value is -2.90. The molecule has 0 atom stereocenters. The van der Waals surface area contributed by atoms with E-state index >= 15 is 0 Å². The predicted molar refractivity (Wildman–Crippen MR) is 99.7 cm³/mol. The summed E-state index contributed by atoms with van der Waals surface area (Å²) < 4.78 is 79.7. The molecule has 14 heteroatoms. The molecule has 0 radical (unpaired) electrons. The van der Waals surface area contributed by atoms with E-state index in [2.05, 4.69) is 15.1 Å². The van der Waals surface area contributed by atoms with Crippen LogP contribution in [0.5, 0.6) is 0 Å². The van der Waals surface area contributed by atoms with Gasteiger partial charge in [0.05, 0.1) is 17.5 Å². The number of amides is 1. The van der Waals surface area contributed by atoms with Crippen molar-refractivity contribution in [2.24, 2.45) is 5.92 Å². The lowest BCUT2D eigenvalue weighted by Crippen LogP contribution is -2.63. The van der Waals surface area contributed by atoms with Crippen LogP contribution in [0.15, 0.2) is 17.2 Å². The number of carbonyl (C=O) groups excluding carboxylic acids is 1. The van der Waals surface area contributed by atoms with E-state index < -0.39 is 55.7 Å². The van der Waals surface area contributed by atoms with Gasteiger partial charge in [-0.2, -0.15) is 31.4 Å². The maximum absolute atomic E-state index is 13.1. The minimum absolute atomic E-state index is 0.0264.